The van der Waals surface area contributed by atoms with Crippen molar-refractivity contribution >= 4 is 21.6 Å². The van der Waals surface area contributed by atoms with Gasteiger partial charge < -0.3 is 5.32 Å². The number of amides is 1. The molecule has 1 amide bonds. The van der Waals surface area contributed by atoms with E-state index in [9.17, 15) is 17.6 Å². The van der Waals surface area contributed by atoms with Gasteiger partial charge in [0.15, 0.2) is 0 Å². The highest BCUT2D eigenvalue weighted by molar-refractivity contribution is 7.89. The van der Waals surface area contributed by atoms with Crippen LogP contribution in [0.3, 0.4) is 0 Å². The van der Waals surface area contributed by atoms with Crippen LogP contribution < -0.4 is 5.32 Å². The maximum Gasteiger partial charge on any atom is 0.243 e. The normalized spacial score (nSPS) is 18.5. The zero-order valence-corrected chi connectivity index (χ0v) is 15.3. The number of halogens is 1. The number of anilines is 1. The summed E-state index contributed by atoms with van der Waals surface area (Å²) in [5.74, 6) is -1.39. The summed E-state index contributed by atoms with van der Waals surface area (Å²) in [4.78, 5) is 12.7. The Hall–Kier alpha value is -2.25. The third-order valence-electron chi connectivity index (χ3n) is 4.55. The summed E-state index contributed by atoms with van der Waals surface area (Å²) in [5.41, 5.74) is 1.08. The summed E-state index contributed by atoms with van der Waals surface area (Å²) in [7, 11) is -3.65. The van der Waals surface area contributed by atoms with E-state index in [-0.39, 0.29) is 23.0 Å². The van der Waals surface area contributed by atoms with Crippen molar-refractivity contribution in [3.8, 4) is 0 Å². The first-order valence-corrected chi connectivity index (χ1v) is 9.94. The second kappa shape index (κ2) is 7.55. The molecule has 7 heteroatoms. The van der Waals surface area contributed by atoms with E-state index < -0.39 is 21.8 Å². The van der Waals surface area contributed by atoms with Crippen LogP contribution in [0, 0.1) is 18.7 Å². The lowest BCUT2D eigenvalue weighted by Crippen LogP contribution is -2.43. The number of nitrogens with one attached hydrogen (secondary N) is 1. The average molecular weight is 376 g/mol. The fraction of sp³-hybridized carbons (Fsp3) is 0.316. The second-order valence-corrected chi connectivity index (χ2v) is 8.42. The summed E-state index contributed by atoms with van der Waals surface area (Å²) in [6.07, 6.45) is 1.15. The molecule has 3 rings (SSSR count). The minimum Gasteiger partial charge on any atom is -0.323 e. The van der Waals surface area contributed by atoms with Gasteiger partial charge in [-0.2, -0.15) is 4.31 Å². The highest BCUT2D eigenvalue weighted by Crippen LogP contribution is 2.25. The van der Waals surface area contributed by atoms with Gasteiger partial charge in [-0.3, -0.25) is 4.79 Å². The number of aryl methyl sites for hydroxylation is 1. The lowest BCUT2D eigenvalue weighted by atomic mass is 9.98. The van der Waals surface area contributed by atoms with Crippen LogP contribution in [0.2, 0.25) is 0 Å². The molecule has 1 N–H and O–H groups in total. The standard InChI is InChI=1S/C19H21FN2O3S/c1-14-8-10-16(11-9-14)26(24,25)22-12-4-5-15(13-22)19(23)21-18-7-3-2-6-17(18)20/h2-3,6-11,15H,4-5,12-13H2,1H3,(H,21,23)/t15-/m1/s1. The molecule has 0 unspecified atom stereocenters. The number of nitrogens with zero attached hydrogens (tertiary/aromatic N) is 1. The number of hydrogen-bond donors (Lipinski definition) is 1. The second-order valence-electron chi connectivity index (χ2n) is 6.48. The number of rotatable bonds is 4. The maximum atomic E-state index is 13.7. The highest BCUT2D eigenvalue weighted by Gasteiger charge is 2.33. The Morgan fingerprint density at radius 3 is 2.54 bits per heavy atom. The molecule has 0 radical (unpaired) electrons. The first-order valence-electron chi connectivity index (χ1n) is 8.50. The molecule has 138 valence electrons. The zero-order chi connectivity index (χ0) is 18.7. The Labute approximate surface area is 152 Å². The molecule has 1 fully saturated rings. The fourth-order valence-electron chi connectivity index (χ4n) is 3.03. The van der Waals surface area contributed by atoms with Gasteiger partial charge in [0.25, 0.3) is 0 Å². The maximum absolute atomic E-state index is 13.7. The van der Waals surface area contributed by atoms with Gasteiger partial charge in [-0.25, -0.2) is 12.8 Å². The van der Waals surface area contributed by atoms with Gasteiger partial charge in [0.2, 0.25) is 15.9 Å². The predicted molar refractivity (Wildman–Crippen MR) is 97.7 cm³/mol. The smallest absolute Gasteiger partial charge is 0.243 e. The third kappa shape index (κ3) is 3.94. The Morgan fingerprint density at radius 2 is 1.85 bits per heavy atom. The van der Waals surface area contributed by atoms with Gasteiger partial charge in [-0.05, 0) is 44.0 Å². The molecule has 26 heavy (non-hydrogen) atoms. The number of sulfonamides is 1. The topological polar surface area (TPSA) is 66.5 Å². The molecule has 0 aliphatic carbocycles. The molecule has 1 aliphatic heterocycles. The predicted octanol–water partition coefficient (Wildman–Crippen LogP) is 3.17. The van der Waals surface area contributed by atoms with Crippen LogP contribution in [0.15, 0.2) is 53.4 Å². The molecule has 1 aliphatic rings. The van der Waals surface area contributed by atoms with Gasteiger partial charge in [-0.15, -0.1) is 0 Å². The molecule has 1 saturated heterocycles. The Bertz CT molecular complexity index is 897. The van der Waals surface area contributed by atoms with E-state index in [0.29, 0.717) is 19.4 Å². The molecule has 0 bridgehead atoms. The molecule has 1 heterocycles. The van der Waals surface area contributed by atoms with Crippen molar-refractivity contribution in [2.24, 2.45) is 5.92 Å². The van der Waals surface area contributed by atoms with E-state index in [2.05, 4.69) is 5.32 Å². The fourth-order valence-corrected chi connectivity index (χ4v) is 4.56. The third-order valence-corrected chi connectivity index (χ3v) is 6.42. The van der Waals surface area contributed by atoms with Gasteiger partial charge in [-0.1, -0.05) is 29.8 Å². The number of para-hydroxylation sites is 1. The van der Waals surface area contributed by atoms with E-state index in [0.717, 1.165) is 5.56 Å². The van der Waals surface area contributed by atoms with E-state index in [1.807, 2.05) is 6.92 Å². The molecule has 1 atom stereocenters. The highest BCUT2D eigenvalue weighted by atomic mass is 32.2. The number of hydrogen-bond acceptors (Lipinski definition) is 3. The first-order chi connectivity index (χ1) is 12.4. The number of carbonyl (C=O) groups is 1. The van der Waals surface area contributed by atoms with Crippen molar-refractivity contribution in [3.05, 3.63) is 59.9 Å². The molecular formula is C19H21FN2O3S. The van der Waals surface area contributed by atoms with Gasteiger partial charge in [0, 0.05) is 13.1 Å². The van der Waals surface area contributed by atoms with Crippen molar-refractivity contribution in [2.75, 3.05) is 18.4 Å². The average Bonchev–Trinajstić information content (AvgIpc) is 2.64. The van der Waals surface area contributed by atoms with Crippen LogP contribution in [0.5, 0.6) is 0 Å². The minimum absolute atomic E-state index is 0.0937. The van der Waals surface area contributed by atoms with E-state index in [4.69, 9.17) is 0 Å². The Morgan fingerprint density at radius 1 is 1.15 bits per heavy atom. The quantitative estimate of drug-likeness (QED) is 0.891. The van der Waals surface area contributed by atoms with E-state index in [1.165, 1.54) is 16.4 Å². The largest absolute Gasteiger partial charge is 0.323 e. The van der Waals surface area contributed by atoms with Crippen molar-refractivity contribution in [1.82, 2.24) is 4.31 Å². The SMILES string of the molecule is Cc1ccc(S(=O)(=O)N2CCC[C@@H](C(=O)Nc3ccccc3F)C2)cc1. The lowest BCUT2D eigenvalue weighted by molar-refractivity contribution is -0.120. The number of carbonyl (C=O) groups excluding carboxylic acids is 1. The number of piperidine rings is 1. The van der Waals surface area contributed by atoms with Gasteiger partial charge in [0.05, 0.1) is 16.5 Å². The summed E-state index contributed by atoms with van der Waals surface area (Å²) >= 11 is 0. The van der Waals surface area contributed by atoms with Crippen LogP contribution in [-0.4, -0.2) is 31.7 Å². The minimum atomic E-state index is -3.65. The molecule has 5 nitrogen and oxygen atoms in total. The van der Waals surface area contributed by atoms with Crippen molar-refractivity contribution in [3.63, 3.8) is 0 Å². The van der Waals surface area contributed by atoms with Crippen LogP contribution in [0.4, 0.5) is 10.1 Å². The summed E-state index contributed by atoms with van der Waals surface area (Å²) < 4.78 is 40.7. The molecule has 0 saturated carbocycles. The molecule has 0 aromatic heterocycles. The van der Waals surface area contributed by atoms with Crippen molar-refractivity contribution < 1.29 is 17.6 Å². The van der Waals surface area contributed by atoms with Gasteiger partial charge in [0.1, 0.15) is 5.82 Å². The van der Waals surface area contributed by atoms with E-state index >= 15 is 0 Å². The summed E-state index contributed by atoms with van der Waals surface area (Å²) in [6.45, 7) is 2.36. The summed E-state index contributed by atoms with van der Waals surface area (Å²) in [5, 5.41) is 2.56. The van der Waals surface area contributed by atoms with Crippen LogP contribution in [-0.2, 0) is 14.8 Å². The molecule has 0 spiro atoms. The van der Waals surface area contributed by atoms with Crippen molar-refractivity contribution in [1.29, 1.82) is 0 Å². The van der Waals surface area contributed by atoms with E-state index in [1.54, 1.807) is 36.4 Å². The van der Waals surface area contributed by atoms with Crippen LogP contribution in [0.1, 0.15) is 18.4 Å². The summed E-state index contributed by atoms with van der Waals surface area (Å²) in [6, 6.07) is 12.6. The van der Waals surface area contributed by atoms with Crippen LogP contribution in [0.25, 0.3) is 0 Å². The first kappa shape index (κ1) is 18.5. The lowest BCUT2D eigenvalue weighted by Gasteiger charge is -2.31. The number of benzene rings is 2. The molecule has 2 aromatic carbocycles. The van der Waals surface area contributed by atoms with Crippen LogP contribution >= 0.6 is 0 Å². The zero-order valence-electron chi connectivity index (χ0n) is 14.5. The Kier molecular flexibility index (Phi) is 5.38. The Balaban J connectivity index is 1.73. The monoisotopic (exact) mass is 376 g/mol. The van der Waals surface area contributed by atoms with Crippen molar-refractivity contribution in [2.45, 2.75) is 24.7 Å². The molecule has 2 aromatic rings. The van der Waals surface area contributed by atoms with Gasteiger partial charge >= 0.3 is 0 Å². The molecular weight excluding hydrogens is 355 g/mol.